The second-order valence-corrected chi connectivity index (χ2v) is 4.55. The number of nitrogens with zero attached hydrogens (tertiary/aromatic N) is 1. The average Bonchev–Trinajstić information content (AvgIpc) is 2.15. The Morgan fingerprint density at radius 3 is 2.31 bits per heavy atom. The van der Waals surface area contributed by atoms with Crippen LogP contribution in [0.5, 0.6) is 11.5 Å². The summed E-state index contributed by atoms with van der Waals surface area (Å²) < 4.78 is 4.98. The van der Waals surface area contributed by atoms with Gasteiger partial charge in [-0.1, -0.05) is 20.8 Å². The largest absolute Gasteiger partial charge is 0.502 e. The van der Waals surface area contributed by atoms with Gasteiger partial charge in [-0.05, 0) is 11.5 Å². The van der Waals surface area contributed by atoms with Gasteiger partial charge < -0.3 is 9.84 Å². The second-order valence-electron chi connectivity index (χ2n) is 4.55. The minimum atomic E-state index is -0.618. The van der Waals surface area contributed by atoms with E-state index in [-0.39, 0.29) is 16.9 Å². The van der Waals surface area contributed by atoms with Crippen molar-refractivity contribution in [2.24, 2.45) is 0 Å². The van der Waals surface area contributed by atoms with E-state index in [0.717, 1.165) is 0 Å². The summed E-state index contributed by atoms with van der Waals surface area (Å²) in [5.74, 6) is 0.0766. The van der Waals surface area contributed by atoms with Crippen molar-refractivity contribution >= 4 is 5.69 Å². The molecule has 0 aromatic heterocycles. The van der Waals surface area contributed by atoms with Crippen molar-refractivity contribution in [2.45, 2.75) is 26.2 Å². The Morgan fingerprint density at radius 2 is 1.94 bits per heavy atom. The van der Waals surface area contributed by atoms with Crippen LogP contribution in [0.25, 0.3) is 0 Å². The lowest BCUT2D eigenvalue weighted by Crippen LogP contribution is -2.12. The number of hydrogen-bond acceptors (Lipinski definition) is 4. The van der Waals surface area contributed by atoms with E-state index in [1.54, 1.807) is 6.07 Å². The third-order valence-electron chi connectivity index (χ3n) is 2.30. The molecule has 0 unspecified atom stereocenters. The molecule has 0 spiro atoms. The molecule has 0 radical (unpaired) electrons. The molecule has 0 saturated heterocycles. The summed E-state index contributed by atoms with van der Waals surface area (Å²) in [6, 6.07) is 2.83. The molecular formula is C11H15NO4. The summed E-state index contributed by atoms with van der Waals surface area (Å²) in [6.07, 6.45) is 0. The lowest BCUT2D eigenvalue weighted by Gasteiger charge is -2.20. The van der Waals surface area contributed by atoms with Crippen molar-refractivity contribution in [3.05, 3.63) is 27.8 Å². The van der Waals surface area contributed by atoms with E-state index in [1.807, 2.05) is 20.8 Å². The highest BCUT2D eigenvalue weighted by Gasteiger charge is 2.26. The molecule has 0 amide bonds. The first kappa shape index (κ1) is 12.3. The molecule has 0 fully saturated rings. The lowest BCUT2D eigenvalue weighted by molar-refractivity contribution is -0.386. The molecule has 5 nitrogen and oxygen atoms in total. The van der Waals surface area contributed by atoms with Crippen molar-refractivity contribution in [3.63, 3.8) is 0 Å². The number of nitro groups is 1. The van der Waals surface area contributed by atoms with Crippen molar-refractivity contribution in [2.75, 3.05) is 7.11 Å². The Hall–Kier alpha value is -1.78. The zero-order valence-electron chi connectivity index (χ0n) is 9.77. The van der Waals surface area contributed by atoms with Gasteiger partial charge in [0, 0.05) is 5.56 Å². The van der Waals surface area contributed by atoms with Crippen LogP contribution in [0, 0.1) is 10.1 Å². The highest BCUT2D eigenvalue weighted by atomic mass is 16.6. The third kappa shape index (κ3) is 2.24. The molecule has 1 aromatic rings. The van der Waals surface area contributed by atoms with Crippen LogP contribution < -0.4 is 4.74 Å². The van der Waals surface area contributed by atoms with Crippen molar-refractivity contribution in [3.8, 4) is 11.5 Å². The molecule has 0 aliphatic rings. The summed E-state index contributed by atoms with van der Waals surface area (Å²) in [5, 5.41) is 20.6. The fraction of sp³-hybridized carbons (Fsp3) is 0.455. The van der Waals surface area contributed by atoms with Crippen LogP contribution in [0.1, 0.15) is 26.3 Å². The number of rotatable bonds is 2. The summed E-state index contributed by atoms with van der Waals surface area (Å²) in [4.78, 5) is 10.1. The van der Waals surface area contributed by atoms with E-state index >= 15 is 0 Å². The lowest BCUT2D eigenvalue weighted by atomic mass is 9.86. The van der Waals surface area contributed by atoms with Crippen molar-refractivity contribution < 1.29 is 14.8 Å². The SMILES string of the molecule is COc1cc([N+](=O)[O-])c(O)c(C(C)(C)C)c1. The minimum Gasteiger partial charge on any atom is -0.502 e. The predicted octanol–water partition coefficient (Wildman–Crippen LogP) is 2.61. The van der Waals surface area contributed by atoms with Gasteiger partial charge in [0.15, 0.2) is 5.75 Å². The zero-order chi connectivity index (χ0) is 12.5. The maximum Gasteiger partial charge on any atom is 0.314 e. The van der Waals surface area contributed by atoms with E-state index < -0.39 is 4.92 Å². The Balaban J connectivity index is 3.50. The molecule has 1 rings (SSSR count). The van der Waals surface area contributed by atoms with Crippen molar-refractivity contribution in [1.29, 1.82) is 0 Å². The first-order valence-corrected chi connectivity index (χ1v) is 4.83. The first-order chi connectivity index (χ1) is 7.27. The zero-order valence-corrected chi connectivity index (χ0v) is 9.77. The second kappa shape index (κ2) is 4.00. The average molecular weight is 225 g/mol. The van der Waals surface area contributed by atoms with Gasteiger partial charge in [-0.15, -0.1) is 0 Å². The fourth-order valence-corrected chi connectivity index (χ4v) is 1.42. The van der Waals surface area contributed by atoms with Gasteiger partial charge in [0.05, 0.1) is 18.1 Å². The smallest absolute Gasteiger partial charge is 0.314 e. The summed E-state index contributed by atoms with van der Waals surface area (Å²) in [5.41, 5.74) is -0.216. The standard InChI is InChI=1S/C11H15NO4/c1-11(2,3)8-5-7(16-4)6-9(10(8)13)12(14)15/h5-6,13H,1-4H3. The third-order valence-corrected chi connectivity index (χ3v) is 2.30. The van der Waals surface area contributed by atoms with Crippen LogP contribution in [0.4, 0.5) is 5.69 Å². The molecule has 0 heterocycles. The van der Waals surface area contributed by atoms with E-state index in [1.165, 1.54) is 13.2 Å². The number of aromatic hydroxyl groups is 1. The highest BCUT2D eigenvalue weighted by molar-refractivity contribution is 5.57. The van der Waals surface area contributed by atoms with Gasteiger partial charge in [0.2, 0.25) is 0 Å². The van der Waals surface area contributed by atoms with Crippen LogP contribution >= 0.6 is 0 Å². The van der Waals surface area contributed by atoms with Crippen LogP contribution in [0.15, 0.2) is 12.1 Å². The normalized spacial score (nSPS) is 11.2. The number of hydrogen-bond donors (Lipinski definition) is 1. The Kier molecular flexibility index (Phi) is 3.07. The number of nitro benzene ring substituents is 1. The Labute approximate surface area is 93.8 Å². The van der Waals surface area contributed by atoms with Crippen molar-refractivity contribution in [1.82, 2.24) is 0 Å². The molecular weight excluding hydrogens is 210 g/mol. The topological polar surface area (TPSA) is 72.6 Å². The summed E-state index contributed by atoms with van der Waals surface area (Å²) in [7, 11) is 1.43. The molecule has 0 atom stereocenters. The number of benzene rings is 1. The molecule has 0 saturated carbocycles. The van der Waals surface area contributed by atoms with E-state index in [0.29, 0.717) is 11.3 Å². The molecule has 0 aliphatic carbocycles. The Bertz CT molecular complexity index is 421. The maximum absolute atomic E-state index is 10.8. The molecule has 1 aromatic carbocycles. The fourth-order valence-electron chi connectivity index (χ4n) is 1.42. The predicted molar refractivity (Wildman–Crippen MR) is 60.0 cm³/mol. The van der Waals surface area contributed by atoms with Crippen LogP contribution in [-0.4, -0.2) is 17.1 Å². The number of phenolic OH excluding ortho intramolecular Hbond substituents is 1. The summed E-state index contributed by atoms with van der Waals surface area (Å²) >= 11 is 0. The van der Waals surface area contributed by atoms with Crippen LogP contribution in [0.2, 0.25) is 0 Å². The first-order valence-electron chi connectivity index (χ1n) is 4.83. The quantitative estimate of drug-likeness (QED) is 0.620. The van der Waals surface area contributed by atoms with Crippen LogP contribution in [0.3, 0.4) is 0 Å². The molecule has 88 valence electrons. The Morgan fingerprint density at radius 1 is 1.38 bits per heavy atom. The van der Waals surface area contributed by atoms with Gasteiger partial charge in [0.25, 0.3) is 0 Å². The maximum atomic E-state index is 10.8. The van der Waals surface area contributed by atoms with Gasteiger partial charge in [0.1, 0.15) is 5.75 Å². The van der Waals surface area contributed by atoms with E-state index in [2.05, 4.69) is 0 Å². The highest BCUT2D eigenvalue weighted by Crippen LogP contribution is 2.40. The van der Waals surface area contributed by atoms with E-state index in [9.17, 15) is 15.2 Å². The van der Waals surface area contributed by atoms with Gasteiger partial charge in [-0.3, -0.25) is 10.1 Å². The molecule has 0 bridgehead atoms. The van der Waals surface area contributed by atoms with Gasteiger partial charge in [-0.25, -0.2) is 0 Å². The van der Waals surface area contributed by atoms with Gasteiger partial charge in [-0.2, -0.15) is 0 Å². The molecule has 16 heavy (non-hydrogen) atoms. The summed E-state index contributed by atoms with van der Waals surface area (Å²) in [6.45, 7) is 5.60. The van der Waals surface area contributed by atoms with Crippen LogP contribution in [-0.2, 0) is 5.41 Å². The minimum absolute atomic E-state index is 0.293. The monoisotopic (exact) mass is 225 g/mol. The van der Waals surface area contributed by atoms with E-state index in [4.69, 9.17) is 4.74 Å². The molecule has 0 aliphatic heterocycles. The molecule has 1 N–H and O–H groups in total. The van der Waals surface area contributed by atoms with Gasteiger partial charge >= 0.3 is 5.69 Å². The number of phenols is 1. The number of ether oxygens (including phenoxy) is 1. The number of methoxy groups -OCH3 is 1. The molecule has 5 heteroatoms.